The third-order valence-corrected chi connectivity index (χ3v) is 5.74. The fourth-order valence-corrected chi connectivity index (χ4v) is 3.55. The van der Waals surface area contributed by atoms with Gasteiger partial charge in [-0.3, -0.25) is 4.72 Å². The number of hydrogen-bond acceptors (Lipinski definition) is 8. The van der Waals surface area contributed by atoms with E-state index in [4.69, 9.17) is 0 Å². The van der Waals surface area contributed by atoms with Crippen LogP contribution in [-0.2, 0) is 15.4 Å². The molecule has 0 amide bonds. The van der Waals surface area contributed by atoms with E-state index in [2.05, 4.69) is 25.7 Å². The number of anilines is 2. The van der Waals surface area contributed by atoms with Gasteiger partial charge in [0, 0.05) is 12.2 Å². The molecule has 0 fully saturated rings. The average molecular weight is 420 g/mol. The zero-order chi connectivity index (χ0) is 19.9. The highest BCUT2D eigenvalue weighted by Gasteiger charge is 2.46. The first-order valence-corrected chi connectivity index (χ1v) is 10.1. The second-order valence-electron chi connectivity index (χ2n) is 6.45. The normalized spacial score (nSPS) is 16.8. The molecule has 2 N–H and O–H groups in total. The molecule has 0 spiro atoms. The van der Waals surface area contributed by atoms with Crippen molar-refractivity contribution in [2.75, 3.05) is 16.6 Å². The van der Waals surface area contributed by atoms with Gasteiger partial charge in [-0.1, -0.05) is 25.2 Å². The van der Waals surface area contributed by atoms with Gasteiger partial charge in [0.15, 0.2) is 0 Å². The summed E-state index contributed by atoms with van der Waals surface area (Å²) in [5, 5.41) is 18.2. The van der Waals surface area contributed by atoms with Crippen molar-refractivity contribution in [2.24, 2.45) is 10.2 Å². The van der Waals surface area contributed by atoms with Gasteiger partial charge in [0.05, 0.1) is 5.69 Å². The Morgan fingerprint density at radius 1 is 1.30 bits per heavy atom. The lowest BCUT2D eigenvalue weighted by molar-refractivity contribution is -0.0429. The maximum absolute atomic E-state index is 12.8. The minimum absolute atomic E-state index is 0.0476. The Balaban J connectivity index is 2.10. The smallest absolute Gasteiger partial charge is 0.385 e. The van der Waals surface area contributed by atoms with Crippen LogP contribution in [-0.4, -0.2) is 30.7 Å². The van der Waals surface area contributed by atoms with Gasteiger partial charge in [-0.15, -0.1) is 20.4 Å². The molecule has 1 aromatic heterocycles. The van der Waals surface area contributed by atoms with Gasteiger partial charge in [0.1, 0.15) is 11.2 Å². The largest absolute Gasteiger partial charge is 0.516 e. The van der Waals surface area contributed by atoms with E-state index in [0.29, 0.717) is 12.2 Å². The van der Waals surface area contributed by atoms with Gasteiger partial charge >= 0.3 is 15.5 Å². The second-order valence-corrected chi connectivity index (χ2v) is 8.93. The molecule has 0 saturated carbocycles. The number of benzene rings is 1. The van der Waals surface area contributed by atoms with Crippen molar-refractivity contribution in [2.45, 2.75) is 31.2 Å². The zero-order valence-corrected chi connectivity index (χ0v) is 15.8. The van der Waals surface area contributed by atoms with Gasteiger partial charge in [0.25, 0.3) is 5.13 Å². The second kappa shape index (κ2) is 6.71. The molecule has 1 aliphatic rings. The third kappa shape index (κ3) is 4.03. The van der Waals surface area contributed by atoms with Crippen molar-refractivity contribution >= 4 is 43.6 Å². The summed E-state index contributed by atoms with van der Waals surface area (Å²) in [5.74, 6) is 0. The summed E-state index contributed by atoms with van der Waals surface area (Å²) >= 11 is 1.08. The quantitative estimate of drug-likeness (QED) is 0.717. The van der Waals surface area contributed by atoms with Crippen LogP contribution in [0.25, 0.3) is 0 Å². The van der Waals surface area contributed by atoms with Gasteiger partial charge in [0.2, 0.25) is 0 Å². The lowest BCUT2D eigenvalue weighted by Crippen LogP contribution is -2.31. The van der Waals surface area contributed by atoms with Crippen LogP contribution in [0.2, 0.25) is 0 Å². The van der Waals surface area contributed by atoms with E-state index < -0.39 is 15.5 Å². The minimum Gasteiger partial charge on any atom is -0.385 e. The van der Waals surface area contributed by atoms with Crippen LogP contribution in [0.5, 0.6) is 0 Å². The molecule has 0 aliphatic carbocycles. The molecular weight excluding hydrogens is 405 g/mol. The lowest BCUT2D eigenvalue weighted by Gasteiger charge is -2.34. The zero-order valence-electron chi connectivity index (χ0n) is 14.2. The van der Waals surface area contributed by atoms with E-state index in [1.54, 1.807) is 4.72 Å². The number of aromatic nitrogens is 2. The molecule has 0 bridgehead atoms. The van der Waals surface area contributed by atoms with Gasteiger partial charge in [-0.2, -0.15) is 21.6 Å². The van der Waals surface area contributed by atoms with Crippen LogP contribution in [0.15, 0.2) is 27.9 Å². The molecule has 0 saturated heterocycles. The Labute approximate surface area is 157 Å². The van der Waals surface area contributed by atoms with Gasteiger partial charge in [-0.25, -0.2) is 0 Å². The SMILES string of the molecule is CC1(C)CCNc2cc(NS(=O)(=O)C(F)(F)F)c(N=Nc3nncs3)cc21. The molecule has 146 valence electrons. The van der Waals surface area contributed by atoms with Crippen LogP contribution in [0.4, 0.5) is 35.4 Å². The van der Waals surface area contributed by atoms with E-state index in [-0.39, 0.29) is 21.9 Å². The molecule has 0 radical (unpaired) electrons. The number of halogens is 3. The summed E-state index contributed by atoms with van der Waals surface area (Å²) in [7, 11) is -5.61. The molecule has 2 aromatic rings. The van der Waals surface area contributed by atoms with E-state index in [1.807, 2.05) is 13.8 Å². The molecular formula is C14H15F3N6O2S2. The van der Waals surface area contributed by atoms with E-state index >= 15 is 0 Å². The van der Waals surface area contributed by atoms with Crippen molar-refractivity contribution in [1.29, 1.82) is 0 Å². The molecule has 0 unspecified atom stereocenters. The number of nitrogens with one attached hydrogen (secondary N) is 2. The first-order chi connectivity index (χ1) is 12.5. The summed E-state index contributed by atoms with van der Waals surface area (Å²) in [5.41, 5.74) is -3.34. The average Bonchev–Trinajstić information content (AvgIpc) is 3.05. The van der Waals surface area contributed by atoms with Crippen molar-refractivity contribution in [3.05, 3.63) is 23.2 Å². The maximum Gasteiger partial charge on any atom is 0.516 e. The topological polar surface area (TPSA) is 109 Å². The molecule has 1 aliphatic heterocycles. The van der Waals surface area contributed by atoms with Crippen molar-refractivity contribution in [3.63, 3.8) is 0 Å². The predicted molar refractivity (Wildman–Crippen MR) is 95.3 cm³/mol. The fourth-order valence-electron chi connectivity index (χ4n) is 2.61. The summed E-state index contributed by atoms with van der Waals surface area (Å²) in [6.07, 6.45) is 0.792. The van der Waals surface area contributed by atoms with Crippen LogP contribution in [0, 0.1) is 0 Å². The molecule has 1 aromatic carbocycles. The predicted octanol–water partition coefficient (Wildman–Crippen LogP) is 4.31. The van der Waals surface area contributed by atoms with Crippen LogP contribution < -0.4 is 10.0 Å². The molecule has 27 heavy (non-hydrogen) atoms. The number of rotatable bonds is 4. The summed E-state index contributed by atoms with van der Waals surface area (Å²) in [6.45, 7) is 4.58. The highest BCUT2D eigenvalue weighted by molar-refractivity contribution is 7.93. The number of hydrogen-bond donors (Lipinski definition) is 2. The highest BCUT2D eigenvalue weighted by Crippen LogP contribution is 2.43. The number of fused-ring (bicyclic) bond motifs is 1. The molecule has 3 rings (SSSR count). The van der Waals surface area contributed by atoms with Crippen molar-refractivity contribution in [1.82, 2.24) is 10.2 Å². The Hall–Kier alpha value is -2.28. The van der Waals surface area contributed by atoms with Gasteiger partial charge in [-0.05, 0) is 29.5 Å². The Bertz CT molecular complexity index is 971. The fraction of sp³-hybridized carbons (Fsp3) is 0.429. The Kier molecular flexibility index (Phi) is 4.84. The van der Waals surface area contributed by atoms with Crippen LogP contribution in [0.1, 0.15) is 25.8 Å². The third-order valence-electron chi connectivity index (χ3n) is 4.07. The minimum atomic E-state index is -5.61. The van der Waals surface area contributed by atoms with Crippen molar-refractivity contribution < 1.29 is 21.6 Å². The summed E-state index contributed by atoms with van der Waals surface area (Å²) in [4.78, 5) is 0. The van der Waals surface area contributed by atoms with Crippen LogP contribution >= 0.6 is 11.3 Å². The number of alkyl halides is 3. The standard InChI is InChI=1S/C14H15F3N6O2S2/c1-13(2)3-4-18-9-6-11(23-27(24,25)14(15,16)17)10(5-8(9)13)20-22-12-21-19-7-26-12/h5-7,18,23H,3-4H2,1-2H3. The van der Waals surface area contributed by atoms with E-state index in [0.717, 1.165) is 23.3 Å². The van der Waals surface area contributed by atoms with Crippen LogP contribution in [0.3, 0.4) is 0 Å². The van der Waals surface area contributed by atoms with E-state index in [9.17, 15) is 21.6 Å². The number of azo groups is 1. The van der Waals surface area contributed by atoms with E-state index in [1.165, 1.54) is 17.6 Å². The molecule has 0 atom stereocenters. The lowest BCUT2D eigenvalue weighted by atomic mass is 9.78. The Morgan fingerprint density at radius 2 is 2.04 bits per heavy atom. The molecule has 2 heterocycles. The summed E-state index contributed by atoms with van der Waals surface area (Å²) in [6, 6.07) is 2.83. The molecule has 8 nitrogen and oxygen atoms in total. The Morgan fingerprint density at radius 3 is 2.67 bits per heavy atom. The molecule has 13 heteroatoms. The monoisotopic (exact) mass is 420 g/mol. The maximum atomic E-state index is 12.8. The summed E-state index contributed by atoms with van der Waals surface area (Å²) < 4.78 is 63.0. The van der Waals surface area contributed by atoms with Gasteiger partial charge < -0.3 is 5.32 Å². The van der Waals surface area contributed by atoms with Crippen molar-refractivity contribution in [3.8, 4) is 0 Å². The highest BCUT2D eigenvalue weighted by atomic mass is 32.2. The number of nitrogens with zero attached hydrogens (tertiary/aromatic N) is 4. The first-order valence-electron chi connectivity index (χ1n) is 7.69. The first kappa shape index (κ1) is 19.5. The number of sulfonamides is 1.